The summed E-state index contributed by atoms with van der Waals surface area (Å²) in [6.45, 7) is 6.82. The number of unbranched alkanes of at least 4 members (excludes halogenated alkanes) is 3. The van der Waals surface area contributed by atoms with Crippen LogP contribution in [0, 0.1) is 13.8 Å². The lowest BCUT2D eigenvalue weighted by Gasteiger charge is -2.24. The first-order valence-corrected chi connectivity index (χ1v) is 10.8. The summed E-state index contributed by atoms with van der Waals surface area (Å²) in [5.74, 6) is 0.948. The normalized spacial score (nSPS) is 11.7. The van der Waals surface area contributed by atoms with E-state index >= 15 is 0 Å². The Morgan fingerprint density at radius 1 is 0.931 bits per heavy atom. The first-order valence-electron chi connectivity index (χ1n) is 10.8. The first-order chi connectivity index (χ1) is 13.9. The Morgan fingerprint density at radius 2 is 1.55 bits per heavy atom. The van der Waals surface area contributed by atoms with Gasteiger partial charge in [-0.3, -0.25) is 0 Å². The monoisotopic (exact) mass is 399 g/mol. The van der Waals surface area contributed by atoms with E-state index in [1.165, 1.54) is 41.5 Å². The minimum absolute atomic E-state index is 0.215. The van der Waals surface area contributed by atoms with Gasteiger partial charge in [-0.1, -0.05) is 50.5 Å². The molecular weight excluding hydrogens is 362 g/mol. The van der Waals surface area contributed by atoms with Gasteiger partial charge in [0.1, 0.15) is 5.75 Å². The minimum Gasteiger partial charge on any atom is -0.494 e. The summed E-state index contributed by atoms with van der Waals surface area (Å²) in [7, 11) is 0. The number of benzene rings is 2. The zero-order chi connectivity index (χ0) is 21.3. The van der Waals surface area contributed by atoms with E-state index in [-0.39, 0.29) is 13.2 Å². The van der Waals surface area contributed by atoms with Crippen LogP contribution in [-0.4, -0.2) is 35.6 Å². The molecule has 0 aromatic heterocycles. The highest BCUT2D eigenvalue weighted by molar-refractivity contribution is 5.72. The number of rotatable bonds is 12. The molecule has 29 heavy (non-hydrogen) atoms. The lowest BCUT2D eigenvalue weighted by molar-refractivity contribution is 0.115. The predicted molar refractivity (Wildman–Crippen MR) is 120 cm³/mol. The van der Waals surface area contributed by atoms with Gasteiger partial charge in [0.2, 0.25) is 0 Å². The standard InChI is InChI=1S/C25H37NO3/c1-4-5-6-7-14-29-23-15-19(2)24(20(3)16-23)22-10-8-21(9-11-22)12-13-25(26,17-27)18-28/h8-11,15-16,27-28H,4-7,12-14,17-18,26H2,1-3H3. The molecule has 4 N–H and O–H groups in total. The van der Waals surface area contributed by atoms with E-state index in [0.717, 1.165) is 30.8 Å². The van der Waals surface area contributed by atoms with Crippen molar-refractivity contribution >= 4 is 0 Å². The number of hydrogen-bond donors (Lipinski definition) is 3. The molecule has 2 aromatic carbocycles. The summed E-state index contributed by atoms with van der Waals surface area (Å²) in [4.78, 5) is 0. The van der Waals surface area contributed by atoms with Crippen molar-refractivity contribution in [3.05, 3.63) is 53.1 Å². The summed E-state index contributed by atoms with van der Waals surface area (Å²) >= 11 is 0. The topological polar surface area (TPSA) is 75.7 Å². The van der Waals surface area contributed by atoms with Crippen LogP contribution in [0.3, 0.4) is 0 Å². The molecule has 0 spiro atoms. The highest BCUT2D eigenvalue weighted by atomic mass is 16.5. The quantitative estimate of drug-likeness (QED) is 0.458. The molecule has 0 heterocycles. The van der Waals surface area contributed by atoms with Gasteiger partial charge in [-0.15, -0.1) is 0 Å². The van der Waals surface area contributed by atoms with Crippen LogP contribution in [0.5, 0.6) is 5.75 Å². The maximum Gasteiger partial charge on any atom is 0.119 e. The molecule has 0 fully saturated rings. The molecule has 4 heteroatoms. The van der Waals surface area contributed by atoms with Crippen molar-refractivity contribution in [3.8, 4) is 16.9 Å². The van der Waals surface area contributed by atoms with Gasteiger partial charge >= 0.3 is 0 Å². The summed E-state index contributed by atoms with van der Waals surface area (Å²) in [6.07, 6.45) is 6.10. The fraction of sp³-hybridized carbons (Fsp3) is 0.520. The number of aliphatic hydroxyl groups excluding tert-OH is 2. The van der Waals surface area contributed by atoms with Crippen molar-refractivity contribution in [3.63, 3.8) is 0 Å². The van der Waals surface area contributed by atoms with Crippen LogP contribution < -0.4 is 10.5 Å². The Hall–Kier alpha value is -1.88. The third-order valence-corrected chi connectivity index (χ3v) is 5.56. The van der Waals surface area contributed by atoms with E-state index in [2.05, 4.69) is 57.2 Å². The number of aryl methyl sites for hydroxylation is 3. The molecule has 0 amide bonds. The van der Waals surface area contributed by atoms with Crippen LogP contribution in [0.1, 0.15) is 55.7 Å². The summed E-state index contributed by atoms with van der Waals surface area (Å²) < 4.78 is 5.96. The van der Waals surface area contributed by atoms with Crippen molar-refractivity contribution < 1.29 is 14.9 Å². The number of ether oxygens (including phenoxy) is 1. The minimum atomic E-state index is -0.918. The lowest BCUT2D eigenvalue weighted by atomic mass is 9.91. The van der Waals surface area contributed by atoms with Crippen molar-refractivity contribution in [2.75, 3.05) is 19.8 Å². The second kappa shape index (κ2) is 11.3. The fourth-order valence-electron chi connectivity index (χ4n) is 3.62. The van der Waals surface area contributed by atoms with Gasteiger partial charge in [-0.05, 0) is 73.1 Å². The molecule has 0 bridgehead atoms. The van der Waals surface area contributed by atoms with Crippen LogP contribution in [0.4, 0.5) is 0 Å². The molecule has 160 valence electrons. The molecule has 0 atom stereocenters. The smallest absolute Gasteiger partial charge is 0.119 e. The van der Waals surface area contributed by atoms with Gasteiger partial charge in [-0.25, -0.2) is 0 Å². The molecule has 2 aromatic rings. The summed E-state index contributed by atoms with van der Waals surface area (Å²) in [5, 5.41) is 18.7. The molecule has 0 aliphatic rings. The van der Waals surface area contributed by atoms with Gasteiger partial charge in [-0.2, -0.15) is 0 Å². The molecular formula is C25H37NO3. The van der Waals surface area contributed by atoms with Crippen molar-refractivity contribution in [1.29, 1.82) is 0 Å². The summed E-state index contributed by atoms with van der Waals surface area (Å²) in [5.41, 5.74) is 11.0. The van der Waals surface area contributed by atoms with E-state index in [1.54, 1.807) is 0 Å². The van der Waals surface area contributed by atoms with Gasteiger partial charge in [0.15, 0.2) is 0 Å². The van der Waals surface area contributed by atoms with Crippen LogP contribution in [0.15, 0.2) is 36.4 Å². The Labute approximate surface area is 175 Å². The van der Waals surface area contributed by atoms with Gasteiger partial charge in [0.05, 0.1) is 25.4 Å². The SMILES string of the molecule is CCCCCCOc1cc(C)c(-c2ccc(CCC(N)(CO)CO)cc2)c(C)c1. The molecule has 4 nitrogen and oxygen atoms in total. The Bertz CT molecular complexity index is 728. The molecule has 0 radical (unpaired) electrons. The zero-order valence-corrected chi connectivity index (χ0v) is 18.2. The van der Waals surface area contributed by atoms with Crippen molar-refractivity contribution in [1.82, 2.24) is 0 Å². The van der Waals surface area contributed by atoms with E-state index < -0.39 is 5.54 Å². The average Bonchev–Trinajstić information content (AvgIpc) is 2.72. The Balaban J connectivity index is 2.04. The second-order valence-corrected chi connectivity index (χ2v) is 8.22. The van der Waals surface area contributed by atoms with Gasteiger partial charge < -0.3 is 20.7 Å². The van der Waals surface area contributed by atoms with Crippen molar-refractivity contribution in [2.24, 2.45) is 5.73 Å². The average molecular weight is 400 g/mol. The Kier molecular flexibility index (Phi) is 9.15. The maximum absolute atomic E-state index is 9.34. The molecule has 0 aliphatic heterocycles. The fourth-order valence-corrected chi connectivity index (χ4v) is 3.62. The molecule has 0 unspecified atom stereocenters. The van der Waals surface area contributed by atoms with E-state index in [9.17, 15) is 10.2 Å². The number of aliphatic hydroxyl groups is 2. The predicted octanol–water partition coefficient (Wildman–Crippen LogP) is 4.54. The van der Waals surface area contributed by atoms with Crippen molar-refractivity contribution in [2.45, 2.75) is 64.8 Å². The number of nitrogens with two attached hydrogens (primary N) is 1. The second-order valence-electron chi connectivity index (χ2n) is 8.22. The summed E-state index contributed by atoms with van der Waals surface area (Å²) in [6, 6.07) is 12.7. The first kappa shape index (κ1) is 23.4. The highest BCUT2D eigenvalue weighted by Gasteiger charge is 2.22. The van der Waals surface area contributed by atoms with E-state index in [1.807, 2.05) is 0 Å². The third-order valence-electron chi connectivity index (χ3n) is 5.56. The van der Waals surface area contributed by atoms with E-state index in [0.29, 0.717) is 6.42 Å². The van der Waals surface area contributed by atoms with Gasteiger partial charge in [0, 0.05) is 0 Å². The molecule has 0 saturated heterocycles. The van der Waals surface area contributed by atoms with Crippen LogP contribution in [0.25, 0.3) is 11.1 Å². The molecule has 0 aliphatic carbocycles. The molecule has 0 saturated carbocycles. The molecule has 2 rings (SSSR count). The van der Waals surface area contributed by atoms with E-state index in [4.69, 9.17) is 10.5 Å². The Morgan fingerprint density at radius 3 is 2.10 bits per heavy atom. The highest BCUT2D eigenvalue weighted by Crippen LogP contribution is 2.31. The maximum atomic E-state index is 9.34. The lowest BCUT2D eigenvalue weighted by Crippen LogP contribution is -2.47. The largest absolute Gasteiger partial charge is 0.494 e. The van der Waals surface area contributed by atoms with Crippen LogP contribution in [0.2, 0.25) is 0 Å². The van der Waals surface area contributed by atoms with Crippen LogP contribution >= 0.6 is 0 Å². The van der Waals surface area contributed by atoms with Crippen LogP contribution in [-0.2, 0) is 6.42 Å². The van der Waals surface area contributed by atoms with Gasteiger partial charge in [0.25, 0.3) is 0 Å². The number of hydrogen-bond acceptors (Lipinski definition) is 4. The third kappa shape index (κ3) is 6.84. The zero-order valence-electron chi connectivity index (χ0n) is 18.2.